The molecule has 46 heavy (non-hydrogen) atoms. The molecule has 0 fully saturated rings. The number of amides is 1. The summed E-state index contributed by atoms with van der Waals surface area (Å²) in [6.07, 6.45) is 2.46. The lowest BCUT2D eigenvalue weighted by atomic mass is 10.1. The maximum atomic E-state index is 11.7. The maximum Gasteiger partial charge on any atom is 0.407 e. The molecule has 11 heteroatoms. The van der Waals surface area contributed by atoms with Crippen molar-refractivity contribution in [3.05, 3.63) is 98.4 Å². The Labute approximate surface area is 292 Å². The first kappa shape index (κ1) is 41.7. The second-order valence-electron chi connectivity index (χ2n) is 11.3. The fourth-order valence-electron chi connectivity index (χ4n) is 3.43. The van der Waals surface area contributed by atoms with Crippen molar-refractivity contribution in [3.63, 3.8) is 0 Å². The molecule has 0 heterocycles. The van der Waals surface area contributed by atoms with E-state index in [1.807, 2.05) is 58.9 Å². The van der Waals surface area contributed by atoms with E-state index in [1.54, 1.807) is 12.1 Å². The molecule has 0 radical (unpaired) electrons. The van der Waals surface area contributed by atoms with Crippen LogP contribution in [0.15, 0.2) is 86.6 Å². The molecule has 3 aromatic carbocycles. The topological polar surface area (TPSA) is 100 Å². The van der Waals surface area contributed by atoms with Crippen LogP contribution in [0.3, 0.4) is 0 Å². The largest absolute Gasteiger partial charge is 0.444 e. The van der Waals surface area contributed by atoms with Gasteiger partial charge in [-0.2, -0.15) is 8.42 Å². The predicted octanol–water partition coefficient (Wildman–Crippen LogP) is 8.81. The van der Waals surface area contributed by atoms with Crippen molar-refractivity contribution in [2.75, 3.05) is 39.6 Å². The third-order valence-electron chi connectivity index (χ3n) is 5.72. The van der Waals surface area contributed by atoms with Gasteiger partial charge in [0.15, 0.2) is 0 Å². The molecule has 0 saturated carbocycles. The van der Waals surface area contributed by atoms with Gasteiger partial charge in [0, 0.05) is 28.7 Å². The summed E-state index contributed by atoms with van der Waals surface area (Å²) in [5.41, 5.74) is 3.15. The van der Waals surface area contributed by atoms with Crippen molar-refractivity contribution >= 4 is 48.1 Å². The highest BCUT2D eigenvalue weighted by Gasteiger charge is 2.15. The Bertz CT molecular complexity index is 1320. The highest BCUT2D eigenvalue weighted by molar-refractivity contribution is 9.10. The van der Waals surface area contributed by atoms with E-state index in [1.165, 1.54) is 23.3 Å². The fraction of sp³-hybridized carbons (Fsp3) is 0.457. The van der Waals surface area contributed by atoms with Crippen LogP contribution in [0.4, 0.5) is 4.79 Å². The van der Waals surface area contributed by atoms with Crippen molar-refractivity contribution in [1.29, 1.82) is 0 Å². The molecule has 0 unspecified atom stereocenters. The van der Waals surface area contributed by atoms with E-state index < -0.39 is 21.8 Å². The summed E-state index contributed by atoms with van der Waals surface area (Å²) in [6.45, 7) is 14.1. The van der Waals surface area contributed by atoms with E-state index in [0.29, 0.717) is 33.0 Å². The third kappa shape index (κ3) is 21.5. The Morgan fingerprint density at radius 3 is 1.78 bits per heavy atom. The first-order chi connectivity index (χ1) is 21.7. The zero-order chi connectivity index (χ0) is 34.4. The molecule has 0 bridgehead atoms. The van der Waals surface area contributed by atoms with Crippen LogP contribution in [0.5, 0.6) is 0 Å². The van der Waals surface area contributed by atoms with Gasteiger partial charge in [-0.3, -0.25) is 4.18 Å². The number of nitrogens with one attached hydrogen (secondary N) is 1. The number of carbonyl (C=O) groups is 1. The smallest absolute Gasteiger partial charge is 0.407 e. The number of hydrogen-bond acceptors (Lipinski definition) is 7. The zero-order valence-corrected chi connectivity index (χ0v) is 31.8. The zero-order valence-electron chi connectivity index (χ0n) is 27.8. The summed E-state index contributed by atoms with van der Waals surface area (Å²) >= 11 is 6.76. The van der Waals surface area contributed by atoms with E-state index in [0.717, 1.165) is 33.8 Å². The summed E-state index contributed by atoms with van der Waals surface area (Å²) in [5, 5.41) is 2.66. The van der Waals surface area contributed by atoms with E-state index in [4.69, 9.17) is 18.4 Å². The maximum absolute atomic E-state index is 11.7. The highest BCUT2D eigenvalue weighted by Crippen LogP contribution is 2.14. The molecule has 3 aromatic rings. The second kappa shape index (κ2) is 23.1. The van der Waals surface area contributed by atoms with Gasteiger partial charge in [0.1, 0.15) is 5.60 Å². The van der Waals surface area contributed by atoms with Crippen LogP contribution in [0.1, 0.15) is 57.2 Å². The van der Waals surface area contributed by atoms with Gasteiger partial charge in [0.25, 0.3) is 10.1 Å². The van der Waals surface area contributed by atoms with Gasteiger partial charge in [-0.25, -0.2) is 4.79 Å². The minimum absolute atomic E-state index is 0.0518. The molecular weight excluding hydrogens is 738 g/mol. The molecule has 0 saturated heterocycles. The average molecular weight is 788 g/mol. The number of rotatable bonds is 14. The molecule has 8 nitrogen and oxygen atoms in total. The van der Waals surface area contributed by atoms with E-state index in [-0.39, 0.29) is 11.5 Å². The third-order valence-corrected chi connectivity index (χ3v) is 8.10. The Morgan fingerprint density at radius 1 is 0.739 bits per heavy atom. The normalized spacial score (nSPS) is 11.0. The lowest BCUT2D eigenvalue weighted by Crippen LogP contribution is -2.34. The number of benzene rings is 3. The second-order valence-corrected chi connectivity index (χ2v) is 14.7. The average Bonchev–Trinajstić information content (AvgIpc) is 2.99. The minimum atomic E-state index is -3.64. The van der Waals surface area contributed by atoms with Crippen LogP contribution < -0.4 is 5.32 Å². The lowest BCUT2D eigenvalue weighted by molar-refractivity contribution is 0.0499. The van der Waals surface area contributed by atoms with Crippen LogP contribution in [0, 0.1) is 13.8 Å². The quantitative estimate of drug-likeness (QED) is 0.129. The molecule has 1 N–H and O–H groups in total. The first-order valence-corrected chi connectivity index (χ1v) is 18.3. The molecule has 0 spiro atoms. The summed E-state index contributed by atoms with van der Waals surface area (Å²) in [4.78, 5) is 11.5. The van der Waals surface area contributed by atoms with Crippen molar-refractivity contribution in [2.24, 2.45) is 0 Å². The van der Waals surface area contributed by atoms with Crippen molar-refractivity contribution in [1.82, 2.24) is 5.32 Å². The summed E-state index contributed by atoms with van der Waals surface area (Å²) in [5.74, 6) is 0. The summed E-state index contributed by atoms with van der Waals surface area (Å²) in [7, 11) is -3.64. The van der Waals surface area contributed by atoms with Crippen LogP contribution in [0.2, 0.25) is 0 Å². The standard InChI is InChI=1S/C16H24BrNO3.C12H18O4S.C7H7Br/c1-16(2,3)21-15(19)18-10-12-20-11-4-5-13-6-8-14(17)9-7-13;1-3-8-15-9-10-16-17(13,14)12-6-4-11(2)5-7-12;1-6-2-4-7(8)5-3-6/h6-9H,4-5,10-12H2,1-3H3,(H,18,19);4-7H,3,8-10H2,1-2H3;2-5H,1H3. The number of hydrogen-bond donors (Lipinski definition) is 1. The van der Waals surface area contributed by atoms with Gasteiger partial charge in [-0.1, -0.05) is 86.3 Å². The minimum Gasteiger partial charge on any atom is -0.444 e. The van der Waals surface area contributed by atoms with Crippen LogP contribution in [-0.4, -0.2) is 59.7 Å². The predicted molar refractivity (Wildman–Crippen MR) is 192 cm³/mol. The fourth-order valence-corrected chi connectivity index (χ4v) is 4.85. The van der Waals surface area contributed by atoms with Gasteiger partial charge in [-0.15, -0.1) is 0 Å². The summed E-state index contributed by atoms with van der Waals surface area (Å²) in [6, 6.07) is 23.1. The molecule has 3 rings (SSSR count). The molecular formula is C35H49Br2NO7S. The Morgan fingerprint density at radius 2 is 1.26 bits per heavy atom. The lowest BCUT2D eigenvalue weighted by Gasteiger charge is -2.19. The van der Waals surface area contributed by atoms with Crippen molar-refractivity contribution in [2.45, 2.75) is 71.3 Å². The molecule has 0 aliphatic rings. The number of halogens is 2. The summed E-state index contributed by atoms with van der Waals surface area (Å²) < 4.78 is 46.2. The first-order valence-electron chi connectivity index (χ1n) is 15.3. The van der Waals surface area contributed by atoms with Crippen molar-refractivity contribution in [3.8, 4) is 0 Å². The molecule has 1 amide bonds. The van der Waals surface area contributed by atoms with Gasteiger partial charge in [-0.05, 0) is 95.8 Å². The van der Waals surface area contributed by atoms with Gasteiger partial charge < -0.3 is 19.5 Å². The molecule has 0 atom stereocenters. The molecule has 0 aliphatic carbocycles. The van der Waals surface area contributed by atoms with Crippen LogP contribution in [-0.2, 0) is 34.9 Å². The van der Waals surface area contributed by atoms with E-state index in [9.17, 15) is 13.2 Å². The molecule has 256 valence electrons. The van der Waals surface area contributed by atoms with E-state index >= 15 is 0 Å². The van der Waals surface area contributed by atoms with Crippen LogP contribution in [0.25, 0.3) is 0 Å². The number of ether oxygens (including phenoxy) is 3. The van der Waals surface area contributed by atoms with Gasteiger partial charge >= 0.3 is 6.09 Å². The molecule has 0 aliphatic heterocycles. The monoisotopic (exact) mass is 785 g/mol. The van der Waals surface area contributed by atoms with Crippen LogP contribution >= 0.6 is 31.9 Å². The van der Waals surface area contributed by atoms with Gasteiger partial charge in [0.05, 0.1) is 24.7 Å². The highest BCUT2D eigenvalue weighted by atomic mass is 79.9. The SMILES string of the molecule is CC(C)(C)OC(=O)NCCOCCCc1ccc(Br)cc1.CCCOCCOS(=O)(=O)c1ccc(C)cc1.Cc1ccc(Br)cc1. The van der Waals surface area contributed by atoms with E-state index in [2.05, 4.69) is 68.4 Å². The Kier molecular flexibility index (Phi) is 21.0. The Balaban J connectivity index is 0.000000376. The number of aryl methyl sites for hydroxylation is 3. The number of alkyl carbamates (subject to hydrolysis) is 1. The van der Waals surface area contributed by atoms with Crippen molar-refractivity contribution < 1.29 is 31.6 Å². The number of carbonyl (C=O) groups excluding carboxylic acids is 1. The molecule has 0 aromatic heterocycles. The van der Waals surface area contributed by atoms with Gasteiger partial charge in [0.2, 0.25) is 0 Å². The Hall–Kier alpha value is -2.28.